The van der Waals surface area contributed by atoms with E-state index in [1.165, 1.54) is 0 Å². The molecule has 3 N–H and O–H groups in total. The number of carbonyl (C=O) groups excluding carboxylic acids is 1. The van der Waals surface area contributed by atoms with Crippen LogP contribution >= 0.6 is 12.4 Å². The molecule has 24 heavy (non-hydrogen) atoms. The number of aromatic nitrogens is 2. The smallest absolute Gasteiger partial charge is 0.322 e. The topological polar surface area (TPSA) is 116 Å². The number of H-pyrrole nitrogens is 1. The van der Waals surface area contributed by atoms with Gasteiger partial charge in [-0.25, -0.2) is 0 Å². The van der Waals surface area contributed by atoms with Gasteiger partial charge in [-0.2, -0.15) is 5.10 Å². The van der Waals surface area contributed by atoms with Crippen molar-refractivity contribution in [2.45, 2.75) is 26.2 Å². The first-order chi connectivity index (χ1) is 11.1. The number of nitrogens with one attached hydrogen (secondary N) is 3. The Labute approximate surface area is 147 Å². The van der Waals surface area contributed by atoms with E-state index in [1.54, 1.807) is 0 Å². The molecule has 0 radical (unpaired) electrons. The molecule has 2 heterocycles. The van der Waals surface area contributed by atoms with Crippen molar-refractivity contribution in [2.75, 3.05) is 39.3 Å². The zero-order chi connectivity index (χ0) is 16.7. The van der Waals surface area contributed by atoms with E-state index >= 15 is 0 Å². The first kappa shape index (κ1) is 20.3. The number of aromatic amines is 1. The average Bonchev–Trinajstić information content (AvgIpc) is 2.97. The molecule has 10 heteroatoms. The number of rotatable bonds is 8. The summed E-state index contributed by atoms with van der Waals surface area (Å²) >= 11 is 0. The van der Waals surface area contributed by atoms with Gasteiger partial charge in [0.2, 0.25) is 5.69 Å². The third kappa shape index (κ3) is 5.43. The second kappa shape index (κ2) is 10.2. The van der Waals surface area contributed by atoms with E-state index in [0.717, 1.165) is 45.6 Å². The van der Waals surface area contributed by atoms with Gasteiger partial charge in [0.1, 0.15) is 5.69 Å². The van der Waals surface area contributed by atoms with Gasteiger partial charge in [0.25, 0.3) is 5.91 Å². The lowest BCUT2D eigenvalue weighted by atomic mass is 10.2. The Morgan fingerprint density at radius 1 is 1.42 bits per heavy atom. The minimum atomic E-state index is -0.538. The monoisotopic (exact) mass is 360 g/mol. The number of nitro groups is 1. The van der Waals surface area contributed by atoms with E-state index in [-0.39, 0.29) is 23.8 Å². The van der Waals surface area contributed by atoms with Crippen LogP contribution in [0.5, 0.6) is 0 Å². The summed E-state index contributed by atoms with van der Waals surface area (Å²) in [5, 5.41) is 23.6. The van der Waals surface area contributed by atoms with Crippen molar-refractivity contribution in [1.82, 2.24) is 25.7 Å². The molecule has 0 atom stereocenters. The van der Waals surface area contributed by atoms with Gasteiger partial charge in [0.15, 0.2) is 0 Å². The number of hydrogen-bond acceptors (Lipinski definition) is 6. The van der Waals surface area contributed by atoms with Crippen molar-refractivity contribution in [3.05, 3.63) is 21.5 Å². The summed E-state index contributed by atoms with van der Waals surface area (Å²) in [6, 6.07) is 0. The van der Waals surface area contributed by atoms with Crippen LogP contribution in [-0.4, -0.2) is 65.2 Å². The quantitative estimate of drug-likeness (QED) is 0.357. The summed E-state index contributed by atoms with van der Waals surface area (Å²) in [4.78, 5) is 25.1. The fraction of sp³-hybridized carbons (Fsp3) is 0.714. The third-order valence-corrected chi connectivity index (χ3v) is 3.86. The largest absolute Gasteiger partial charge is 0.350 e. The highest BCUT2D eigenvalue weighted by Crippen LogP contribution is 2.22. The first-order valence-electron chi connectivity index (χ1n) is 8.06. The lowest BCUT2D eigenvalue weighted by molar-refractivity contribution is -0.385. The summed E-state index contributed by atoms with van der Waals surface area (Å²) in [5.74, 6) is -0.490. The molecular weight excluding hydrogens is 336 g/mol. The molecule has 0 aromatic carbocycles. The Balaban J connectivity index is 0.00000288. The van der Waals surface area contributed by atoms with Gasteiger partial charge in [-0.05, 0) is 19.4 Å². The van der Waals surface area contributed by atoms with Crippen molar-refractivity contribution in [2.24, 2.45) is 0 Å². The molecule has 0 spiro atoms. The van der Waals surface area contributed by atoms with E-state index < -0.39 is 10.8 Å². The van der Waals surface area contributed by atoms with E-state index in [1.807, 2.05) is 6.92 Å². The Kier molecular flexibility index (Phi) is 8.66. The summed E-state index contributed by atoms with van der Waals surface area (Å²) < 4.78 is 0. The molecule has 1 aromatic rings. The van der Waals surface area contributed by atoms with Crippen molar-refractivity contribution < 1.29 is 9.72 Å². The van der Waals surface area contributed by atoms with Gasteiger partial charge in [0.05, 0.1) is 4.92 Å². The summed E-state index contributed by atoms with van der Waals surface area (Å²) in [6.07, 6.45) is 2.06. The predicted molar refractivity (Wildman–Crippen MR) is 92.7 cm³/mol. The SMILES string of the molecule is CCCc1[nH]nc(C(=O)NCCCN2CCNCC2)c1[N+](=O)[O-].Cl. The van der Waals surface area contributed by atoms with E-state index in [9.17, 15) is 14.9 Å². The zero-order valence-corrected chi connectivity index (χ0v) is 14.7. The fourth-order valence-electron chi connectivity index (χ4n) is 2.67. The van der Waals surface area contributed by atoms with Crippen LogP contribution in [0.2, 0.25) is 0 Å². The van der Waals surface area contributed by atoms with Crippen molar-refractivity contribution in [3.63, 3.8) is 0 Å². The first-order valence-corrected chi connectivity index (χ1v) is 8.06. The van der Waals surface area contributed by atoms with Crippen molar-refractivity contribution in [3.8, 4) is 0 Å². The molecule has 1 aliphatic rings. The Bertz CT molecular complexity index is 545. The van der Waals surface area contributed by atoms with Gasteiger partial charge in [0, 0.05) is 32.7 Å². The van der Waals surface area contributed by atoms with Crippen LogP contribution in [0.25, 0.3) is 0 Å². The maximum absolute atomic E-state index is 12.1. The highest BCUT2D eigenvalue weighted by atomic mass is 35.5. The number of aryl methyl sites for hydroxylation is 1. The molecule has 1 saturated heterocycles. The second-order valence-corrected chi connectivity index (χ2v) is 5.61. The lowest BCUT2D eigenvalue weighted by Gasteiger charge is -2.26. The minimum absolute atomic E-state index is 0. The molecule has 0 aliphatic carbocycles. The van der Waals surface area contributed by atoms with Gasteiger partial charge in [-0.1, -0.05) is 13.3 Å². The molecule has 9 nitrogen and oxygen atoms in total. The van der Waals surface area contributed by atoms with Crippen molar-refractivity contribution >= 4 is 24.0 Å². The zero-order valence-electron chi connectivity index (χ0n) is 13.8. The number of piperazine rings is 1. The van der Waals surface area contributed by atoms with Crippen LogP contribution in [0.15, 0.2) is 0 Å². The van der Waals surface area contributed by atoms with Gasteiger partial charge < -0.3 is 15.5 Å². The van der Waals surface area contributed by atoms with E-state index in [2.05, 4.69) is 25.7 Å². The Morgan fingerprint density at radius 2 is 2.12 bits per heavy atom. The Hall–Kier alpha value is -1.71. The van der Waals surface area contributed by atoms with E-state index in [4.69, 9.17) is 0 Å². The maximum atomic E-state index is 12.1. The van der Waals surface area contributed by atoms with Crippen molar-refractivity contribution in [1.29, 1.82) is 0 Å². The summed E-state index contributed by atoms with van der Waals surface area (Å²) in [7, 11) is 0. The molecule has 0 saturated carbocycles. The van der Waals surface area contributed by atoms with Crippen LogP contribution in [0.4, 0.5) is 5.69 Å². The van der Waals surface area contributed by atoms with Crippen LogP contribution in [-0.2, 0) is 6.42 Å². The summed E-state index contributed by atoms with van der Waals surface area (Å²) in [6.45, 7) is 7.32. The number of halogens is 1. The average molecular weight is 361 g/mol. The fourth-order valence-corrected chi connectivity index (χ4v) is 2.67. The van der Waals surface area contributed by atoms with Gasteiger partial charge in [-0.3, -0.25) is 20.0 Å². The van der Waals surface area contributed by atoms with E-state index in [0.29, 0.717) is 18.7 Å². The summed E-state index contributed by atoms with van der Waals surface area (Å²) in [5.41, 5.74) is 0.0792. The van der Waals surface area contributed by atoms with Crippen LogP contribution in [0.1, 0.15) is 35.9 Å². The third-order valence-electron chi connectivity index (χ3n) is 3.86. The molecule has 0 bridgehead atoms. The van der Waals surface area contributed by atoms with Crippen LogP contribution < -0.4 is 10.6 Å². The van der Waals surface area contributed by atoms with Crippen LogP contribution in [0, 0.1) is 10.1 Å². The number of nitrogens with zero attached hydrogens (tertiary/aromatic N) is 3. The highest BCUT2D eigenvalue weighted by molar-refractivity contribution is 5.96. The molecule has 1 fully saturated rings. The second-order valence-electron chi connectivity index (χ2n) is 5.61. The van der Waals surface area contributed by atoms with Gasteiger partial charge >= 0.3 is 5.69 Å². The lowest BCUT2D eigenvalue weighted by Crippen LogP contribution is -2.44. The molecule has 2 rings (SSSR count). The molecule has 1 aliphatic heterocycles. The van der Waals surface area contributed by atoms with Crippen LogP contribution in [0.3, 0.4) is 0 Å². The number of hydrogen-bond donors (Lipinski definition) is 3. The minimum Gasteiger partial charge on any atom is -0.350 e. The Morgan fingerprint density at radius 3 is 2.75 bits per heavy atom. The molecular formula is C14H25ClN6O3. The molecule has 1 aromatic heterocycles. The molecule has 0 unspecified atom stereocenters. The number of amides is 1. The predicted octanol–water partition coefficient (Wildman–Crippen LogP) is 0.717. The molecule has 1 amide bonds. The normalized spacial score (nSPS) is 14.9. The highest BCUT2D eigenvalue weighted by Gasteiger charge is 2.28. The number of carbonyl (C=O) groups is 1. The van der Waals surface area contributed by atoms with Gasteiger partial charge in [-0.15, -0.1) is 12.4 Å². The maximum Gasteiger partial charge on any atom is 0.322 e. The standard InChI is InChI=1S/C14H24N6O3.ClH/c1-2-4-11-13(20(22)23)12(18-17-11)14(21)16-5-3-8-19-9-6-15-7-10-19;/h15H,2-10H2,1H3,(H,16,21)(H,17,18);1H. The molecule has 136 valence electrons.